The number of benzene rings is 3. The third kappa shape index (κ3) is 2.78. The van der Waals surface area contributed by atoms with Crippen LogP contribution in [0.1, 0.15) is 0 Å². The molecule has 26 heavy (non-hydrogen) atoms. The summed E-state index contributed by atoms with van der Waals surface area (Å²) in [5.74, 6) is 1.92. The van der Waals surface area contributed by atoms with E-state index < -0.39 is 0 Å². The molecule has 0 spiro atoms. The maximum absolute atomic E-state index is 10.5. The van der Waals surface area contributed by atoms with Gasteiger partial charge in [0.25, 0.3) is 0 Å². The molecular weight excluding hydrogens is 344 g/mol. The topological polar surface area (TPSA) is 38.7 Å². The second-order valence-corrected chi connectivity index (χ2v) is 6.97. The Hall–Kier alpha value is -2.98. The van der Waals surface area contributed by atoms with E-state index in [-0.39, 0.29) is 5.75 Å². The summed E-state index contributed by atoms with van der Waals surface area (Å²) in [6, 6.07) is 21.5. The molecule has 1 N–H and O–H groups in total. The van der Waals surface area contributed by atoms with Gasteiger partial charge in [-0.15, -0.1) is 11.3 Å². The first-order valence-electron chi connectivity index (χ1n) is 8.24. The SMILES string of the molecule is COc1ccc(-c2sc3cc(OC)ccc3c2-c2ccccc2O)cc1. The number of aromatic hydroxyl groups is 1. The van der Waals surface area contributed by atoms with Crippen LogP contribution in [0.5, 0.6) is 17.2 Å². The van der Waals surface area contributed by atoms with E-state index in [4.69, 9.17) is 9.47 Å². The van der Waals surface area contributed by atoms with E-state index in [1.54, 1.807) is 31.6 Å². The van der Waals surface area contributed by atoms with Gasteiger partial charge in [0.05, 0.1) is 14.2 Å². The lowest BCUT2D eigenvalue weighted by Crippen LogP contribution is -1.84. The standard InChI is InChI=1S/C22H18O3S/c1-24-15-9-7-14(8-10-15)22-21(17-5-3-4-6-19(17)23)18-12-11-16(25-2)13-20(18)26-22/h3-13,23H,1-2H3. The van der Waals surface area contributed by atoms with E-state index in [1.165, 1.54) is 0 Å². The average Bonchev–Trinajstić information content (AvgIpc) is 3.06. The Bertz CT molecular complexity index is 1060. The van der Waals surface area contributed by atoms with Crippen LogP contribution in [0.4, 0.5) is 0 Å². The Morgan fingerprint density at radius 2 is 1.50 bits per heavy atom. The number of hydrogen-bond acceptors (Lipinski definition) is 4. The second kappa shape index (κ2) is 6.73. The van der Waals surface area contributed by atoms with Crippen LogP contribution in [-0.4, -0.2) is 19.3 Å². The van der Waals surface area contributed by atoms with Crippen LogP contribution in [0, 0.1) is 0 Å². The summed E-state index contributed by atoms with van der Waals surface area (Å²) in [7, 11) is 3.33. The normalized spacial score (nSPS) is 10.8. The first kappa shape index (κ1) is 16.5. The smallest absolute Gasteiger partial charge is 0.123 e. The van der Waals surface area contributed by atoms with Crippen LogP contribution in [-0.2, 0) is 0 Å². The summed E-state index contributed by atoms with van der Waals surface area (Å²) < 4.78 is 11.8. The van der Waals surface area contributed by atoms with Gasteiger partial charge in [-0.25, -0.2) is 0 Å². The molecular formula is C22H18O3S. The number of fused-ring (bicyclic) bond motifs is 1. The second-order valence-electron chi connectivity index (χ2n) is 5.91. The molecule has 3 aromatic carbocycles. The molecule has 0 radical (unpaired) electrons. The first-order valence-corrected chi connectivity index (χ1v) is 9.06. The van der Waals surface area contributed by atoms with Crippen molar-refractivity contribution in [2.75, 3.05) is 14.2 Å². The summed E-state index contributed by atoms with van der Waals surface area (Å²) in [6.45, 7) is 0. The van der Waals surface area contributed by atoms with E-state index in [9.17, 15) is 5.11 Å². The number of phenols is 1. The van der Waals surface area contributed by atoms with Crippen molar-refractivity contribution >= 4 is 21.4 Å². The van der Waals surface area contributed by atoms with Crippen molar-refractivity contribution in [3.8, 4) is 38.8 Å². The summed E-state index contributed by atoms with van der Waals surface area (Å²) in [5, 5.41) is 11.6. The molecule has 0 saturated carbocycles. The molecule has 0 saturated heterocycles. The van der Waals surface area contributed by atoms with Crippen molar-refractivity contribution < 1.29 is 14.6 Å². The zero-order chi connectivity index (χ0) is 18.1. The number of methoxy groups -OCH3 is 2. The van der Waals surface area contributed by atoms with Gasteiger partial charge in [0.1, 0.15) is 17.2 Å². The highest BCUT2D eigenvalue weighted by Crippen LogP contribution is 2.47. The fourth-order valence-corrected chi connectivity index (χ4v) is 4.35. The van der Waals surface area contributed by atoms with Crippen molar-refractivity contribution in [2.24, 2.45) is 0 Å². The van der Waals surface area contributed by atoms with E-state index >= 15 is 0 Å². The molecule has 0 aliphatic carbocycles. The van der Waals surface area contributed by atoms with Crippen LogP contribution in [0.3, 0.4) is 0 Å². The number of para-hydroxylation sites is 1. The van der Waals surface area contributed by atoms with Crippen LogP contribution in [0.2, 0.25) is 0 Å². The molecule has 0 aliphatic rings. The fourth-order valence-electron chi connectivity index (χ4n) is 3.10. The van der Waals surface area contributed by atoms with Crippen LogP contribution in [0.15, 0.2) is 66.7 Å². The molecule has 0 atom stereocenters. The van der Waals surface area contributed by atoms with Gasteiger partial charge in [-0.05, 0) is 54.1 Å². The van der Waals surface area contributed by atoms with Gasteiger partial charge in [0.2, 0.25) is 0 Å². The lowest BCUT2D eigenvalue weighted by atomic mass is 9.98. The molecule has 1 aromatic heterocycles. The third-order valence-corrected chi connectivity index (χ3v) is 5.62. The quantitative estimate of drug-likeness (QED) is 0.487. The first-order chi connectivity index (χ1) is 12.7. The van der Waals surface area contributed by atoms with Gasteiger partial charge in [0.15, 0.2) is 0 Å². The maximum Gasteiger partial charge on any atom is 0.123 e. The largest absolute Gasteiger partial charge is 0.507 e. The predicted octanol–water partition coefficient (Wildman–Crippen LogP) is 5.96. The number of ether oxygens (including phenoxy) is 2. The molecule has 0 aliphatic heterocycles. The van der Waals surface area contributed by atoms with Crippen molar-refractivity contribution in [2.45, 2.75) is 0 Å². The van der Waals surface area contributed by atoms with Crippen LogP contribution in [0.25, 0.3) is 31.7 Å². The molecule has 0 amide bonds. The van der Waals surface area contributed by atoms with Gasteiger partial charge < -0.3 is 14.6 Å². The summed E-state index contributed by atoms with van der Waals surface area (Å²) in [6.07, 6.45) is 0. The minimum absolute atomic E-state index is 0.276. The maximum atomic E-state index is 10.5. The number of hydrogen-bond donors (Lipinski definition) is 1. The van der Waals surface area contributed by atoms with Crippen LogP contribution >= 0.6 is 11.3 Å². The van der Waals surface area contributed by atoms with Gasteiger partial charge in [-0.1, -0.05) is 18.2 Å². The molecule has 0 unspecified atom stereocenters. The Morgan fingerprint density at radius 1 is 0.808 bits per heavy atom. The molecule has 4 rings (SSSR count). The van der Waals surface area contributed by atoms with Gasteiger partial charge in [-0.3, -0.25) is 0 Å². The van der Waals surface area contributed by atoms with E-state index in [0.29, 0.717) is 0 Å². The summed E-state index contributed by atoms with van der Waals surface area (Å²) >= 11 is 1.69. The monoisotopic (exact) mass is 362 g/mol. The average molecular weight is 362 g/mol. The van der Waals surface area contributed by atoms with E-state index in [0.717, 1.165) is 43.2 Å². The van der Waals surface area contributed by atoms with Gasteiger partial charge >= 0.3 is 0 Å². The molecule has 4 aromatic rings. The molecule has 3 nitrogen and oxygen atoms in total. The van der Waals surface area contributed by atoms with E-state index in [1.807, 2.05) is 54.6 Å². The number of thiophene rings is 1. The Labute approximate surface area is 156 Å². The molecule has 1 heterocycles. The molecule has 130 valence electrons. The van der Waals surface area contributed by atoms with Crippen molar-refractivity contribution in [1.29, 1.82) is 0 Å². The molecule has 4 heteroatoms. The summed E-state index contributed by atoms with van der Waals surface area (Å²) in [4.78, 5) is 1.11. The minimum Gasteiger partial charge on any atom is -0.507 e. The van der Waals surface area contributed by atoms with Crippen LogP contribution < -0.4 is 9.47 Å². The molecule has 0 fully saturated rings. The minimum atomic E-state index is 0.276. The van der Waals surface area contributed by atoms with Crippen molar-refractivity contribution in [1.82, 2.24) is 0 Å². The highest BCUT2D eigenvalue weighted by molar-refractivity contribution is 7.23. The Balaban J connectivity index is 2.01. The number of phenolic OH excluding ortho intramolecular Hbond substituents is 1. The lowest BCUT2D eigenvalue weighted by Gasteiger charge is -2.08. The third-order valence-electron chi connectivity index (χ3n) is 4.42. The predicted molar refractivity (Wildman–Crippen MR) is 107 cm³/mol. The van der Waals surface area contributed by atoms with Gasteiger partial charge in [-0.2, -0.15) is 0 Å². The number of rotatable bonds is 4. The van der Waals surface area contributed by atoms with Gasteiger partial charge in [0, 0.05) is 26.1 Å². The van der Waals surface area contributed by atoms with Crippen molar-refractivity contribution in [3.05, 3.63) is 66.7 Å². The lowest BCUT2D eigenvalue weighted by molar-refractivity contribution is 0.415. The summed E-state index contributed by atoms with van der Waals surface area (Å²) in [5.41, 5.74) is 2.95. The van der Waals surface area contributed by atoms with E-state index in [2.05, 4.69) is 6.07 Å². The highest BCUT2D eigenvalue weighted by Gasteiger charge is 2.18. The zero-order valence-corrected chi connectivity index (χ0v) is 15.3. The molecule has 0 bridgehead atoms. The Morgan fingerprint density at radius 3 is 2.19 bits per heavy atom. The Kier molecular flexibility index (Phi) is 4.27. The van der Waals surface area contributed by atoms with Crippen molar-refractivity contribution in [3.63, 3.8) is 0 Å². The highest BCUT2D eigenvalue weighted by atomic mass is 32.1. The zero-order valence-electron chi connectivity index (χ0n) is 14.5. The fraction of sp³-hybridized carbons (Fsp3) is 0.0909.